The number of ether oxygens (including phenoxy) is 2. The zero-order valence-electron chi connectivity index (χ0n) is 12.3. The van der Waals surface area contributed by atoms with E-state index in [2.05, 4.69) is 0 Å². The first kappa shape index (κ1) is 16.7. The number of aliphatic hydroxyl groups excluding tert-OH is 3. The van der Waals surface area contributed by atoms with Crippen LogP contribution in [0.5, 0.6) is 5.75 Å². The molecule has 7 heteroatoms. The zero-order valence-corrected chi connectivity index (χ0v) is 12.3. The van der Waals surface area contributed by atoms with Crippen molar-refractivity contribution in [3.05, 3.63) is 29.3 Å². The van der Waals surface area contributed by atoms with Crippen molar-refractivity contribution in [1.82, 2.24) is 0 Å². The Labute approximate surface area is 127 Å². The topological polar surface area (TPSA) is 116 Å². The standard InChI is InChI=1S/C15H20O7/c1-7-11(18)12(19)13(20)15(22-7)9-5-3-4-8(6-10(16)17)14(9)21-2/h3-5,7,11-13,15,18-20H,6H2,1-2H3,(H,16,17)/t7-,11+,12+,13-,15+/m0/s1. The molecule has 22 heavy (non-hydrogen) atoms. The molecule has 0 unspecified atom stereocenters. The molecule has 2 rings (SSSR count). The Hall–Kier alpha value is -1.67. The summed E-state index contributed by atoms with van der Waals surface area (Å²) in [4.78, 5) is 10.9. The van der Waals surface area contributed by atoms with Crippen molar-refractivity contribution < 1.29 is 34.7 Å². The number of benzene rings is 1. The summed E-state index contributed by atoms with van der Waals surface area (Å²) in [6, 6.07) is 4.88. The van der Waals surface area contributed by atoms with E-state index in [0.717, 1.165) is 0 Å². The molecule has 4 N–H and O–H groups in total. The molecule has 7 nitrogen and oxygen atoms in total. The predicted octanol–water partition coefficient (Wildman–Crippen LogP) is -0.135. The number of hydrogen-bond acceptors (Lipinski definition) is 6. The van der Waals surface area contributed by atoms with Gasteiger partial charge in [-0.25, -0.2) is 0 Å². The van der Waals surface area contributed by atoms with Crippen molar-refractivity contribution in [2.24, 2.45) is 0 Å². The molecule has 0 aromatic heterocycles. The van der Waals surface area contributed by atoms with Gasteiger partial charge in [0.2, 0.25) is 0 Å². The molecule has 0 radical (unpaired) electrons. The number of carbonyl (C=O) groups is 1. The van der Waals surface area contributed by atoms with E-state index < -0.39 is 36.5 Å². The van der Waals surface area contributed by atoms with Crippen LogP contribution in [-0.4, -0.2) is 57.9 Å². The molecule has 1 aromatic rings. The monoisotopic (exact) mass is 312 g/mol. The third-order valence-corrected chi connectivity index (χ3v) is 3.83. The SMILES string of the molecule is COc1c(CC(=O)O)cccc1[C@H]1O[C@@H](C)[C@@H](O)[C@@H](O)[C@@H]1O. The molecule has 122 valence electrons. The van der Waals surface area contributed by atoms with Crippen molar-refractivity contribution in [3.63, 3.8) is 0 Å². The summed E-state index contributed by atoms with van der Waals surface area (Å²) < 4.78 is 10.9. The lowest BCUT2D eigenvalue weighted by atomic mass is 9.90. The largest absolute Gasteiger partial charge is 0.496 e. The van der Waals surface area contributed by atoms with E-state index in [0.29, 0.717) is 16.9 Å². The smallest absolute Gasteiger partial charge is 0.307 e. The molecule has 0 spiro atoms. The lowest BCUT2D eigenvalue weighted by Gasteiger charge is -2.40. The first-order valence-electron chi connectivity index (χ1n) is 6.94. The second-order valence-electron chi connectivity index (χ2n) is 5.34. The van der Waals surface area contributed by atoms with Crippen LogP contribution >= 0.6 is 0 Å². The van der Waals surface area contributed by atoms with E-state index in [1.807, 2.05) is 0 Å². The molecular formula is C15H20O7. The number of hydrogen-bond donors (Lipinski definition) is 4. The van der Waals surface area contributed by atoms with Gasteiger partial charge >= 0.3 is 5.97 Å². The quantitative estimate of drug-likeness (QED) is 0.611. The minimum Gasteiger partial charge on any atom is -0.496 e. The highest BCUT2D eigenvalue weighted by Crippen LogP contribution is 2.38. The van der Waals surface area contributed by atoms with E-state index in [9.17, 15) is 20.1 Å². The van der Waals surface area contributed by atoms with Crippen molar-refractivity contribution in [1.29, 1.82) is 0 Å². The van der Waals surface area contributed by atoms with Crippen LogP contribution in [0.4, 0.5) is 0 Å². The van der Waals surface area contributed by atoms with Crippen molar-refractivity contribution >= 4 is 5.97 Å². The summed E-state index contributed by atoms with van der Waals surface area (Å²) in [6.07, 6.45) is -5.74. The third-order valence-electron chi connectivity index (χ3n) is 3.83. The second-order valence-corrected chi connectivity index (χ2v) is 5.34. The molecule has 1 aliphatic heterocycles. The highest BCUT2D eigenvalue weighted by atomic mass is 16.5. The molecule has 1 aliphatic rings. The van der Waals surface area contributed by atoms with Gasteiger partial charge < -0.3 is 29.9 Å². The van der Waals surface area contributed by atoms with Gasteiger partial charge in [0.25, 0.3) is 0 Å². The normalized spacial score (nSPS) is 31.8. The van der Waals surface area contributed by atoms with E-state index in [4.69, 9.17) is 14.6 Å². The Bertz CT molecular complexity index is 545. The molecule has 1 fully saturated rings. The Kier molecular flexibility index (Phi) is 5.02. The lowest BCUT2D eigenvalue weighted by Crippen LogP contribution is -2.53. The fraction of sp³-hybridized carbons (Fsp3) is 0.533. The number of rotatable bonds is 4. The first-order valence-corrected chi connectivity index (χ1v) is 6.94. The fourth-order valence-electron chi connectivity index (χ4n) is 2.69. The van der Waals surface area contributed by atoms with Crippen LogP contribution in [-0.2, 0) is 16.0 Å². The molecule has 1 aromatic carbocycles. The van der Waals surface area contributed by atoms with Crippen molar-refractivity contribution in [3.8, 4) is 5.75 Å². The minimum atomic E-state index is -1.36. The van der Waals surface area contributed by atoms with Gasteiger partial charge in [0.1, 0.15) is 30.2 Å². The third kappa shape index (κ3) is 3.07. The van der Waals surface area contributed by atoms with Crippen LogP contribution in [0.25, 0.3) is 0 Å². The molecule has 0 amide bonds. The highest BCUT2D eigenvalue weighted by molar-refractivity contribution is 5.71. The van der Waals surface area contributed by atoms with Gasteiger partial charge in [-0.05, 0) is 6.92 Å². The molecule has 5 atom stereocenters. The fourth-order valence-corrected chi connectivity index (χ4v) is 2.69. The average Bonchev–Trinajstić information content (AvgIpc) is 2.48. The van der Waals surface area contributed by atoms with E-state index >= 15 is 0 Å². The summed E-state index contributed by atoms with van der Waals surface area (Å²) >= 11 is 0. The summed E-state index contributed by atoms with van der Waals surface area (Å²) in [7, 11) is 1.40. The molecule has 1 heterocycles. The van der Waals surface area contributed by atoms with Gasteiger partial charge in [-0.1, -0.05) is 18.2 Å². The molecule has 0 saturated carbocycles. The maximum absolute atomic E-state index is 10.9. The Morgan fingerprint density at radius 3 is 2.50 bits per heavy atom. The van der Waals surface area contributed by atoms with Gasteiger partial charge in [-0.15, -0.1) is 0 Å². The lowest BCUT2D eigenvalue weighted by molar-refractivity contribution is -0.219. The Morgan fingerprint density at radius 2 is 1.91 bits per heavy atom. The Balaban J connectivity index is 2.41. The summed E-state index contributed by atoms with van der Waals surface area (Å²) in [5.41, 5.74) is 0.878. The van der Waals surface area contributed by atoms with Gasteiger partial charge in [0.05, 0.1) is 19.6 Å². The second kappa shape index (κ2) is 6.62. The molecular weight excluding hydrogens is 292 g/mol. The van der Waals surface area contributed by atoms with Gasteiger partial charge in [0, 0.05) is 11.1 Å². The van der Waals surface area contributed by atoms with Crippen LogP contribution in [0.2, 0.25) is 0 Å². The highest BCUT2D eigenvalue weighted by Gasteiger charge is 2.43. The minimum absolute atomic E-state index is 0.236. The maximum Gasteiger partial charge on any atom is 0.307 e. The Morgan fingerprint density at radius 1 is 1.23 bits per heavy atom. The summed E-state index contributed by atoms with van der Waals surface area (Å²) in [5.74, 6) is -0.714. The van der Waals surface area contributed by atoms with Crippen LogP contribution < -0.4 is 4.74 Å². The predicted molar refractivity (Wildman–Crippen MR) is 75.6 cm³/mol. The molecule has 1 saturated heterocycles. The number of methoxy groups -OCH3 is 1. The summed E-state index contributed by atoms with van der Waals surface area (Å²) in [6.45, 7) is 1.58. The van der Waals surface area contributed by atoms with E-state index in [-0.39, 0.29) is 6.42 Å². The van der Waals surface area contributed by atoms with Crippen molar-refractivity contribution in [2.75, 3.05) is 7.11 Å². The van der Waals surface area contributed by atoms with E-state index in [1.54, 1.807) is 25.1 Å². The molecule has 0 aliphatic carbocycles. The van der Waals surface area contributed by atoms with Gasteiger partial charge in [-0.2, -0.15) is 0 Å². The molecule has 0 bridgehead atoms. The van der Waals surface area contributed by atoms with Gasteiger partial charge in [0.15, 0.2) is 0 Å². The maximum atomic E-state index is 10.9. The zero-order chi connectivity index (χ0) is 16.4. The van der Waals surface area contributed by atoms with Crippen molar-refractivity contribution in [2.45, 2.75) is 43.9 Å². The first-order chi connectivity index (χ1) is 10.4. The van der Waals surface area contributed by atoms with Crippen LogP contribution in [0.15, 0.2) is 18.2 Å². The number of para-hydroxylation sites is 1. The average molecular weight is 312 g/mol. The van der Waals surface area contributed by atoms with Gasteiger partial charge in [-0.3, -0.25) is 4.79 Å². The van der Waals surface area contributed by atoms with Crippen LogP contribution in [0.1, 0.15) is 24.2 Å². The number of aliphatic carboxylic acids is 1. The number of carboxylic acids is 1. The van der Waals surface area contributed by atoms with Crippen LogP contribution in [0, 0.1) is 0 Å². The number of aliphatic hydroxyl groups is 3. The number of carboxylic acid groups (broad SMARTS) is 1. The van der Waals surface area contributed by atoms with Crippen LogP contribution in [0.3, 0.4) is 0 Å². The van der Waals surface area contributed by atoms with E-state index in [1.165, 1.54) is 7.11 Å². The summed E-state index contributed by atoms with van der Waals surface area (Å²) in [5, 5.41) is 38.8.